The van der Waals surface area contributed by atoms with Crippen molar-refractivity contribution in [3.05, 3.63) is 11.9 Å². The number of hydrogen-bond acceptors (Lipinski definition) is 5. The van der Waals surface area contributed by atoms with E-state index in [0.29, 0.717) is 17.7 Å². The summed E-state index contributed by atoms with van der Waals surface area (Å²) >= 11 is 0. The van der Waals surface area contributed by atoms with E-state index >= 15 is 0 Å². The van der Waals surface area contributed by atoms with Crippen molar-refractivity contribution in [3.63, 3.8) is 0 Å². The molecule has 1 aromatic heterocycles. The first-order valence-electron chi connectivity index (χ1n) is 6.93. The quantitative estimate of drug-likeness (QED) is 0.898. The number of ether oxygens (including phenoxy) is 2. The highest BCUT2D eigenvalue weighted by molar-refractivity contribution is 5.26. The summed E-state index contributed by atoms with van der Waals surface area (Å²) in [5.74, 6) is 3.11. The molecule has 2 bridgehead atoms. The van der Waals surface area contributed by atoms with Gasteiger partial charge in [-0.15, -0.1) is 0 Å². The summed E-state index contributed by atoms with van der Waals surface area (Å²) < 4.78 is 10.4. The molecule has 2 aliphatic carbocycles. The molecular weight excluding hydrogens is 242 g/mol. The third-order valence-electron chi connectivity index (χ3n) is 4.72. The third kappa shape index (κ3) is 2.16. The smallest absolute Gasteiger partial charge is 0.240 e. The zero-order valence-corrected chi connectivity index (χ0v) is 11.5. The maximum atomic E-state index is 6.43. The van der Waals surface area contributed by atoms with Crippen molar-refractivity contribution in [3.8, 4) is 11.8 Å². The van der Waals surface area contributed by atoms with Crippen LogP contribution in [0.4, 0.5) is 0 Å². The molecule has 1 aromatic rings. The van der Waals surface area contributed by atoms with E-state index in [2.05, 4.69) is 9.97 Å². The molecule has 2 aliphatic rings. The van der Waals surface area contributed by atoms with E-state index in [1.54, 1.807) is 20.4 Å². The van der Waals surface area contributed by atoms with Gasteiger partial charge in [-0.05, 0) is 37.0 Å². The van der Waals surface area contributed by atoms with E-state index in [-0.39, 0.29) is 6.04 Å². The second-order valence-electron chi connectivity index (χ2n) is 5.67. The minimum Gasteiger partial charge on any atom is -0.480 e. The lowest BCUT2D eigenvalue weighted by Gasteiger charge is -2.27. The summed E-state index contributed by atoms with van der Waals surface area (Å²) in [5, 5.41) is 0. The molecule has 0 amide bonds. The van der Waals surface area contributed by atoms with Crippen LogP contribution in [0.5, 0.6) is 11.8 Å². The first kappa shape index (κ1) is 12.7. The normalized spacial score (nSPS) is 30.4. The zero-order valence-electron chi connectivity index (χ0n) is 11.5. The fourth-order valence-electron chi connectivity index (χ4n) is 3.78. The van der Waals surface area contributed by atoms with Crippen molar-refractivity contribution in [1.82, 2.24) is 9.97 Å². The van der Waals surface area contributed by atoms with Gasteiger partial charge in [-0.3, -0.25) is 0 Å². The van der Waals surface area contributed by atoms with Crippen LogP contribution < -0.4 is 15.2 Å². The molecule has 5 heteroatoms. The van der Waals surface area contributed by atoms with Gasteiger partial charge in [-0.2, -0.15) is 4.98 Å². The van der Waals surface area contributed by atoms with E-state index in [0.717, 1.165) is 17.5 Å². The Morgan fingerprint density at radius 2 is 2.11 bits per heavy atom. The summed E-state index contributed by atoms with van der Waals surface area (Å²) in [6.07, 6.45) is 6.87. The Bertz CT molecular complexity index is 466. The van der Waals surface area contributed by atoms with E-state index < -0.39 is 0 Å². The highest BCUT2D eigenvalue weighted by Crippen LogP contribution is 2.52. The average molecular weight is 263 g/mol. The monoisotopic (exact) mass is 263 g/mol. The van der Waals surface area contributed by atoms with Crippen LogP contribution in [-0.4, -0.2) is 24.2 Å². The second kappa shape index (κ2) is 4.96. The number of methoxy groups -OCH3 is 2. The Morgan fingerprint density at radius 1 is 1.26 bits per heavy atom. The molecule has 0 spiro atoms. The van der Waals surface area contributed by atoms with Crippen LogP contribution in [0.25, 0.3) is 0 Å². The predicted molar refractivity (Wildman–Crippen MR) is 71.0 cm³/mol. The third-order valence-corrected chi connectivity index (χ3v) is 4.72. The van der Waals surface area contributed by atoms with Crippen molar-refractivity contribution in [2.75, 3.05) is 14.2 Å². The number of hydrogen-bond donors (Lipinski definition) is 1. The Hall–Kier alpha value is -1.36. The van der Waals surface area contributed by atoms with Gasteiger partial charge >= 0.3 is 0 Å². The molecule has 1 heterocycles. The summed E-state index contributed by atoms with van der Waals surface area (Å²) in [4.78, 5) is 8.69. The lowest BCUT2D eigenvalue weighted by atomic mass is 9.82. The first-order chi connectivity index (χ1) is 9.22. The Kier molecular flexibility index (Phi) is 3.31. The van der Waals surface area contributed by atoms with Crippen molar-refractivity contribution >= 4 is 0 Å². The highest BCUT2D eigenvalue weighted by atomic mass is 16.5. The van der Waals surface area contributed by atoms with Crippen molar-refractivity contribution < 1.29 is 9.47 Å². The Labute approximate surface area is 113 Å². The molecule has 4 atom stereocenters. The van der Waals surface area contributed by atoms with Gasteiger partial charge in [0.1, 0.15) is 5.69 Å². The van der Waals surface area contributed by atoms with Gasteiger partial charge in [-0.1, -0.05) is 6.42 Å². The van der Waals surface area contributed by atoms with Crippen molar-refractivity contribution in [1.29, 1.82) is 0 Å². The van der Waals surface area contributed by atoms with Crippen LogP contribution in [0.1, 0.15) is 37.4 Å². The van der Waals surface area contributed by atoms with E-state index in [4.69, 9.17) is 15.2 Å². The summed E-state index contributed by atoms with van der Waals surface area (Å²) in [6, 6.07) is -0.0799. The fraction of sp³-hybridized carbons (Fsp3) is 0.714. The van der Waals surface area contributed by atoms with Gasteiger partial charge in [0.25, 0.3) is 0 Å². The molecule has 0 saturated heterocycles. The molecule has 0 aliphatic heterocycles. The lowest BCUT2D eigenvalue weighted by molar-refractivity contribution is 0.271. The second-order valence-corrected chi connectivity index (χ2v) is 5.67. The molecule has 5 nitrogen and oxygen atoms in total. The van der Waals surface area contributed by atoms with Crippen LogP contribution in [0.15, 0.2) is 6.20 Å². The zero-order chi connectivity index (χ0) is 13.4. The summed E-state index contributed by atoms with van der Waals surface area (Å²) in [6.45, 7) is 0. The molecule has 2 saturated carbocycles. The van der Waals surface area contributed by atoms with Gasteiger partial charge in [0, 0.05) is 0 Å². The van der Waals surface area contributed by atoms with Crippen LogP contribution in [0, 0.1) is 17.8 Å². The van der Waals surface area contributed by atoms with Crippen LogP contribution >= 0.6 is 0 Å². The Morgan fingerprint density at radius 3 is 2.68 bits per heavy atom. The van der Waals surface area contributed by atoms with Crippen molar-refractivity contribution in [2.45, 2.75) is 31.7 Å². The maximum Gasteiger partial charge on any atom is 0.240 e. The standard InChI is InChI=1S/C14H21N3O2/c1-18-11-7-16-13(14(17-11)19-2)12(15)10-6-8-3-4-9(10)5-8/h7-10,12H,3-6,15H2,1-2H3. The largest absolute Gasteiger partial charge is 0.480 e. The molecule has 3 rings (SSSR count). The summed E-state index contributed by atoms with van der Waals surface area (Å²) in [5.41, 5.74) is 7.20. The number of aromatic nitrogens is 2. The summed E-state index contributed by atoms with van der Waals surface area (Å²) in [7, 11) is 3.17. The van der Waals surface area contributed by atoms with Gasteiger partial charge < -0.3 is 15.2 Å². The molecule has 2 fully saturated rings. The van der Waals surface area contributed by atoms with Crippen LogP contribution in [-0.2, 0) is 0 Å². The number of fused-ring (bicyclic) bond motifs is 2. The lowest BCUT2D eigenvalue weighted by Crippen LogP contribution is -2.27. The van der Waals surface area contributed by atoms with Crippen molar-refractivity contribution in [2.24, 2.45) is 23.5 Å². The SMILES string of the molecule is COc1cnc(C(N)C2CC3CCC2C3)c(OC)n1. The van der Waals surface area contributed by atoms with E-state index in [1.807, 2.05) is 0 Å². The van der Waals surface area contributed by atoms with Crippen LogP contribution in [0.3, 0.4) is 0 Å². The highest BCUT2D eigenvalue weighted by Gasteiger charge is 2.43. The maximum absolute atomic E-state index is 6.43. The number of nitrogens with two attached hydrogens (primary N) is 1. The van der Waals surface area contributed by atoms with Gasteiger partial charge in [0.2, 0.25) is 11.8 Å². The molecule has 0 radical (unpaired) electrons. The Balaban J connectivity index is 1.85. The number of nitrogens with zero attached hydrogens (tertiary/aromatic N) is 2. The predicted octanol–water partition coefficient (Wildman–Crippen LogP) is 1.93. The van der Waals surface area contributed by atoms with Crippen LogP contribution in [0.2, 0.25) is 0 Å². The van der Waals surface area contributed by atoms with Gasteiger partial charge in [0.05, 0.1) is 26.5 Å². The minimum absolute atomic E-state index is 0.0799. The van der Waals surface area contributed by atoms with Gasteiger partial charge in [-0.25, -0.2) is 4.98 Å². The molecule has 4 unspecified atom stereocenters. The number of rotatable bonds is 4. The fourth-order valence-corrected chi connectivity index (χ4v) is 3.78. The topological polar surface area (TPSA) is 70.3 Å². The molecule has 2 N–H and O–H groups in total. The molecular formula is C14H21N3O2. The molecule has 0 aromatic carbocycles. The minimum atomic E-state index is -0.0799. The van der Waals surface area contributed by atoms with Gasteiger partial charge in [0.15, 0.2) is 0 Å². The van der Waals surface area contributed by atoms with E-state index in [9.17, 15) is 0 Å². The molecule has 104 valence electrons. The first-order valence-corrected chi connectivity index (χ1v) is 6.93. The van der Waals surface area contributed by atoms with E-state index in [1.165, 1.54) is 25.7 Å². The molecule has 19 heavy (non-hydrogen) atoms. The average Bonchev–Trinajstić information content (AvgIpc) is 3.08.